The summed E-state index contributed by atoms with van der Waals surface area (Å²) in [4.78, 5) is 15.7. The number of pyridine rings is 1. The van der Waals surface area contributed by atoms with E-state index < -0.39 is 0 Å². The maximum atomic E-state index is 11.6. The van der Waals surface area contributed by atoms with Crippen LogP contribution in [0.15, 0.2) is 18.5 Å². The van der Waals surface area contributed by atoms with Crippen LogP contribution < -0.4 is 11.1 Å². The summed E-state index contributed by atoms with van der Waals surface area (Å²) < 4.78 is 0. The third-order valence-corrected chi connectivity index (χ3v) is 2.65. The van der Waals surface area contributed by atoms with Crippen molar-refractivity contribution in [1.82, 2.24) is 10.3 Å². The van der Waals surface area contributed by atoms with Crippen LogP contribution in [0.3, 0.4) is 0 Å². The molecule has 1 unspecified atom stereocenters. The number of rotatable bonds is 5. The monoisotopic (exact) mass is 221 g/mol. The second-order valence-electron chi connectivity index (χ2n) is 4.00. The number of aromatic nitrogens is 1. The highest BCUT2D eigenvalue weighted by molar-refractivity contribution is 5.78. The first-order valence-electron chi connectivity index (χ1n) is 5.52. The van der Waals surface area contributed by atoms with E-state index in [1.54, 1.807) is 12.4 Å². The molecule has 1 atom stereocenters. The van der Waals surface area contributed by atoms with Crippen molar-refractivity contribution in [2.24, 2.45) is 11.7 Å². The number of carbonyl (C=O) groups is 1. The molecule has 0 saturated carbocycles. The number of carbonyl (C=O) groups excluding carboxylic acids is 1. The number of hydrogen-bond donors (Lipinski definition) is 2. The van der Waals surface area contributed by atoms with Crippen LogP contribution in [0.1, 0.15) is 24.5 Å². The molecule has 1 aromatic rings. The molecule has 1 aromatic heterocycles. The standard InChI is InChI=1S/C12H19N3O/c1-9-4-6-14-7-11(9)8-15-12(16)10(2)3-5-13/h4,6-7,10H,3,5,8,13H2,1-2H3,(H,15,16). The molecule has 0 aliphatic carbocycles. The first-order valence-corrected chi connectivity index (χ1v) is 5.52. The zero-order valence-electron chi connectivity index (χ0n) is 9.86. The van der Waals surface area contributed by atoms with Gasteiger partial charge in [-0.25, -0.2) is 0 Å². The number of nitrogens with zero attached hydrogens (tertiary/aromatic N) is 1. The van der Waals surface area contributed by atoms with Gasteiger partial charge in [-0.05, 0) is 37.1 Å². The molecule has 0 fully saturated rings. The Hall–Kier alpha value is -1.42. The van der Waals surface area contributed by atoms with Gasteiger partial charge in [0.05, 0.1) is 0 Å². The fraction of sp³-hybridized carbons (Fsp3) is 0.500. The molecule has 0 saturated heterocycles. The number of nitrogens with two attached hydrogens (primary N) is 1. The number of nitrogens with one attached hydrogen (secondary N) is 1. The smallest absolute Gasteiger partial charge is 0.223 e. The number of aryl methyl sites for hydroxylation is 1. The minimum atomic E-state index is -0.0259. The van der Waals surface area contributed by atoms with E-state index in [2.05, 4.69) is 10.3 Å². The lowest BCUT2D eigenvalue weighted by atomic mass is 10.1. The summed E-state index contributed by atoms with van der Waals surface area (Å²) in [7, 11) is 0. The van der Waals surface area contributed by atoms with Gasteiger partial charge in [0.1, 0.15) is 0 Å². The predicted octanol–water partition coefficient (Wildman–Crippen LogP) is 0.991. The van der Waals surface area contributed by atoms with Crippen LogP contribution in [0, 0.1) is 12.8 Å². The average Bonchev–Trinajstić information content (AvgIpc) is 2.28. The van der Waals surface area contributed by atoms with Gasteiger partial charge in [0.2, 0.25) is 5.91 Å². The molecule has 0 bridgehead atoms. The summed E-state index contributed by atoms with van der Waals surface area (Å²) in [6.45, 7) is 4.97. The second-order valence-corrected chi connectivity index (χ2v) is 4.00. The van der Waals surface area contributed by atoms with Gasteiger partial charge in [-0.2, -0.15) is 0 Å². The van der Waals surface area contributed by atoms with Gasteiger partial charge in [-0.15, -0.1) is 0 Å². The van der Waals surface area contributed by atoms with Crippen LogP contribution in [0.4, 0.5) is 0 Å². The van der Waals surface area contributed by atoms with Gasteiger partial charge in [0, 0.05) is 24.9 Å². The molecule has 0 aliphatic rings. The van der Waals surface area contributed by atoms with Crippen LogP contribution in [0.5, 0.6) is 0 Å². The SMILES string of the molecule is Cc1ccncc1CNC(=O)C(C)CCN. The lowest BCUT2D eigenvalue weighted by Crippen LogP contribution is -2.30. The zero-order chi connectivity index (χ0) is 12.0. The Labute approximate surface area is 96.3 Å². The summed E-state index contributed by atoms with van der Waals surface area (Å²) in [5, 5.41) is 2.89. The molecule has 3 N–H and O–H groups in total. The maximum Gasteiger partial charge on any atom is 0.223 e. The van der Waals surface area contributed by atoms with Crippen LogP contribution in [-0.2, 0) is 11.3 Å². The number of amides is 1. The van der Waals surface area contributed by atoms with Gasteiger partial charge in [-0.1, -0.05) is 6.92 Å². The molecule has 0 radical (unpaired) electrons. The first kappa shape index (κ1) is 12.6. The molecule has 1 rings (SSSR count). The topological polar surface area (TPSA) is 68.0 Å². The van der Waals surface area contributed by atoms with Crippen LogP contribution in [0.25, 0.3) is 0 Å². The van der Waals surface area contributed by atoms with Crippen molar-refractivity contribution < 1.29 is 4.79 Å². The summed E-state index contributed by atoms with van der Waals surface area (Å²) in [6, 6.07) is 1.94. The highest BCUT2D eigenvalue weighted by Gasteiger charge is 2.11. The van der Waals surface area contributed by atoms with Gasteiger partial charge in [-0.3, -0.25) is 9.78 Å². The lowest BCUT2D eigenvalue weighted by Gasteiger charge is -2.11. The van der Waals surface area contributed by atoms with Crippen LogP contribution in [-0.4, -0.2) is 17.4 Å². The Bertz CT molecular complexity index is 352. The Morgan fingerprint density at radius 1 is 1.62 bits per heavy atom. The number of hydrogen-bond acceptors (Lipinski definition) is 3. The van der Waals surface area contributed by atoms with Crippen molar-refractivity contribution in [3.05, 3.63) is 29.6 Å². The Balaban J connectivity index is 2.46. The fourth-order valence-electron chi connectivity index (χ4n) is 1.42. The van der Waals surface area contributed by atoms with Crippen LogP contribution in [0.2, 0.25) is 0 Å². The molecule has 4 nitrogen and oxygen atoms in total. The zero-order valence-corrected chi connectivity index (χ0v) is 9.86. The average molecular weight is 221 g/mol. The highest BCUT2D eigenvalue weighted by Crippen LogP contribution is 2.05. The van der Waals surface area contributed by atoms with E-state index in [0.29, 0.717) is 13.1 Å². The van der Waals surface area contributed by atoms with E-state index in [1.165, 1.54) is 0 Å². The van der Waals surface area contributed by atoms with E-state index in [9.17, 15) is 4.79 Å². The van der Waals surface area contributed by atoms with Crippen molar-refractivity contribution in [1.29, 1.82) is 0 Å². The lowest BCUT2D eigenvalue weighted by molar-refractivity contribution is -0.124. The minimum absolute atomic E-state index is 0.0259. The molecular formula is C12H19N3O. The van der Waals surface area contributed by atoms with E-state index in [0.717, 1.165) is 17.5 Å². The minimum Gasteiger partial charge on any atom is -0.352 e. The third-order valence-electron chi connectivity index (χ3n) is 2.65. The van der Waals surface area contributed by atoms with Crippen molar-refractivity contribution in [3.63, 3.8) is 0 Å². The summed E-state index contributed by atoms with van der Waals surface area (Å²) in [5.74, 6) is 0.0238. The maximum absolute atomic E-state index is 11.6. The van der Waals surface area contributed by atoms with E-state index in [4.69, 9.17) is 5.73 Å². The second kappa shape index (κ2) is 6.23. The van der Waals surface area contributed by atoms with Gasteiger partial charge >= 0.3 is 0 Å². The summed E-state index contributed by atoms with van der Waals surface area (Å²) in [5.41, 5.74) is 7.60. The molecular weight excluding hydrogens is 202 g/mol. The quantitative estimate of drug-likeness (QED) is 0.779. The van der Waals surface area contributed by atoms with Crippen molar-refractivity contribution in [2.75, 3.05) is 6.54 Å². The van der Waals surface area contributed by atoms with Gasteiger partial charge in [0.15, 0.2) is 0 Å². The first-order chi connectivity index (χ1) is 7.65. The van der Waals surface area contributed by atoms with Crippen molar-refractivity contribution in [2.45, 2.75) is 26.8 Å². The van der Waals surface area contributed by atoms with Gasteiger partial charge < -0.3 is 11.1 Å². The molecule has 16 heavy (non-hydrogen) atoms. The van der Waals surface area contributed by atoms with E-state index in [-0.39, 0.29) is 11.8 Å². The Morgan fingerprint density at radius 2 is 2.38 bits per heavy atom. The summed E-state index contributed by atoms with van der Waals surface area (Å²) >= 11 is 0. The molecule has 4 heteroatoms. The molecule has 0 aromatic carbocycles. The molecule has 1 amide bonds. The normalized spacial score (nSPS) is 12.2. The van der Waals surface area contributed by atoms with Crippen molar-refractivity contribution >= 4 is 5.91 Å². The summed E-state index contributed by atoms with van der Waals surface area (Å²) in [6.07, 6.45) is 4.25. The highest BCUT2D eigenvalue weighted by atomic mass is 16.1. The third kappa shape index (κ3) is 3.62. The van der Waals surface area contributed by atoms with Crippen molar-refractivity contribution in [3.8, 4) is 0 Å². The molecule has 0 aliphatic heterocycles. The molecule has 0 spiro atoms. The Kier molecular flexibility index (Phi) is 4.92. The Morgan fingerprint density at radius 3 is 3.00 bits per heavy atom. The van der Waals surface area contributed by atoms with Crippen LogP contribution >= 0.6 is 0 Å². The fourth-order valence-corrected chi connectivity index (χ4v) is 1.42. The molecule has 1 heterocycles. The van der Waals surface area contributed by atoms with Gasteiger partial charge in [0.25, 0.3) is 0 Å². The van der Waals surface area contributed by atoms with E-state index in [1.807, 2.05) is 19.9 Å². The predicted molar refractivity (Wildman–Crippen MR) is 63.7 cm³/mol. The molecule has 88 valence electrons. The van der Waals surface area contributed by atoms with E-state index >= 15 is 0 Å². The largest absolute Gasteiger partial charge is 0.352 e.